The van der Waals surface area contributed by atoms with Crippen molar-refractivity contribution in [1.82, 2.24) is 4.90 Å². The van der Waals surface area contributed by atoms with Crippen LogP contribution in [0.2, 0.25) is 0 Å². The van der Waals surface area contributed by atoms with Gasteiger partial charge >= 0.3 is 0 Å². The molecular formula is C13H21BrN2. The molecule has 0 amide bonds. The van der Waals surface area contributed by atoms with Gasteiger partial charge in [0.25, 0.3) is 0 Å². The first-order valence-corrected chi connectivity index (χ1v) is 6.42. The van der Waals surface area contributed by atoms with Crippen LogP contribution < -0.4 is 5.73 Å². The minimum atomic E-state index is 0.212. The van der Waals surface area contributed by atoms with Gasteiger partial charge in [-0.05, 0) is 54.9 Å². The third-order valence-corrected chi connectivity index (χ3v) is 4.38. The summed E-state index contributed by atoms with van der Waals surface area (Å²) in [6.07, 6.45) is 1.13. The van der Waals surface area contributed by atoms with Crippen molar-refractivity contribution >= 4 is 21.6 Å². The number of rotatable bonds is 4. The van der Waals surface area contributed by atoms with Gasteiger partial charge in [0.1, 0.15) is 0 Å². The molecule has 0 unspecified atom stereocenters. The van der Waals surface area contributed by atoms with Gasteiger partial charge in [0.2, 0.25) is 0 Å². The van der Waals surface area contributed by atoms with Crippen LogP contribution in [0.25, 0.3) is 0 Å². The van der Waals surface area contributed by atoms with E-state index in [1.165, 1.54) is 5.56 Å². The van der Waals surface area contributed by atoms with Crippen LogP contribution >= 0.6 is 15.9 Å². The number of nitrogen functional groups attached to an aromatic ring is 1. The maximum absolute atomic E-state index is 5.87. The Kier molecular flexibility index (Phi) is 4.39. The van der Waals surface area contributed by atoms with Gasteiger partial charge in [-0.3, -0.25) is 4.90 Å². The Hall–Kier alpha value is -0.540. The number of halogens is 1. The molecule has 90 valence electrons. The first kappa shape index (κ1) is 13.5. The molecule has 0 saturated carbocycles. The SMILES string of the molecule is CCC(C)(C)N(C)Cc1cccc(N)c1Br. The van der Waals surface area contributed by atoms with E-state index in [1.807, 2.05) is 12.1 Å². The third kappa shape index (κ3) is 2.98. The van der Waals surface area contributed by atoms with Gasteiger partial charge in [-0.15, -0.1) is 0 Å². The third-order valence-electron chi connectivity index (χ3n) is 3.41. The van der Waals surface area contributed by atoms with E-state index in [0.717, 1.165) is 23.1 Å². The number of hydrogen-bond acceptors (Lipinski definition) is 2. The maximum Gasteiger partial charge on any atom is 0.0461 e. The van der Waals surface area contributed by atoms with Crippen LogP contribution in [0, 0.1) is 0 Å². The molecule has 0 aliphatic carbocycles. The van der Waals surface area contributed by atoms with Gasteiger partial charge < -0.3 is 5.73 Å². The monoisotopic (exact) mass is 284 g/mol. The fourth-order valence-corrected chi connectivity index (χ4v) is 1.85. The van der Waals surface area contributed by atoms with Crippen LogP contribution in [0.4, 0.5) is 5.69 Å². The van der Waals surface area contributed by atoms with E-state index in [9.17, 15) is 0 Å². The number of hydrogen-bond donors (Lipinski definition) is 1. The summed E-state index contributed by atoms with van der Waals surface area (Å²) >= 11 is 3.55. The topological polar surface area (TPSA) is 29.3 Å². The second-order valence-corrected chi connectivity index (χ2v) is 5.64. The highest BCUT2D eigenvalue weighted by molar-refractivity contribution is 9.10. The summed E-state index contributed by atoms with van der Waals surface area (Å²) in [5.74, 6) is 0. The Morgan fingerprint density at radius 2 is 2.00 bits per heavy atom. The minimum Gasteiger partial charge on any atom is -0.398 e. The van der Waals surface area contributed by atoms with E-state index >= 15 is 0 Å². The lowest BCUT2D eigenvalue weighted by molar-refractivity contribution is 0.143. The molecule has 0 aliphatic heterocycles. The molecule has 2 nitrogen and oxygen atoms in total. The number of benzene rings is 1. The average Bonchev–Trinajstić information content (AvgIpc) is 2.24. The normalized spacial score (nSPS) is 12.1. The van der Waals surface area contributed by atoms with Crippen LogP contribution in [-0.4, -0.2) is 17.5 Å². The Morgan fingerprint density at radius 1 is 1.38 bits per heavy atom. The zero-order valence-corrected chi connectivity index (χ0v) is 12.1. The van der Waals surface area contributed by atoms with Crippen molar-refractivity contribution in [3.63, 3.8) is 0 Å². The lowest BCUT2D eigenvalue weighted by atomic mass is 9.99. The summed E-state index contributed by atoms with van der Waals surface area (Å²) in [5, 5.41) is 0. The van der Waals surface area contributed by atoms with Gasteiger partial charge in [0.15, 0.2) is 0 Å². The molecule has 0 aliphatic rings. The molecule has 2 N–H and O–H groups in total. The van der Waals surface area contributed by atoms with Gasteiger partial charge in [-0.1, -0.05) is 19.1 Å². The Labute approximate surface area is 107 Å². The summed E-state index contributed by atoms with van der Waals surface area (Å²) in [7, 11) is 2.15. The Bertz CT molecular complexity index is 361. The molecule has 1 rings (SSSR count). The number of nitrogens with zero attached hydrogens (tertiary/aromatic N) is 1. The summed E-state index contributed by atoms with van der Waals surface area (Å²) in [6, 6.07) is 6.03. The van der Waals surface area contributed by atoms with Crippen LogP contribution in [0.3, 0.4) is 0 Å². The molecule has 0 bridgehead atoms. The van der Waals surface area contributed by atoms with Crippen molar-refractivity contribution in [2.24, 2.45) is 0 Å². The van der Waals surface area contributed by atoms with E-state index in [0.29, 0.717) is 0 Å². The van der Waals surface area contributed by atoms with E-state index < -0.39 is 0 Å². The highest BCUT2D eigenvalue weighted by Crippen LogP contribution is 2.27. The van der Waals surface area contributed by atoms with Gasteiger partial charge in [-0.25, -0.2) is 0 Å². The van der Waals surface area contributed by atoms with Crippen LogP contribution in [0.5, 0.6) is 0 Å². The Morgan fingerprint density at radius 3 is 2.56 bits per heavy atom. The predicted molar refractivity (Wildman–Crippen MR) is 74.4 cm³/mol. The summed E-state index contributed by atoms with van der Waals surface area (Å²) in [5.41, 5.74) is 8.13. The van der Waals surface area contributed by atoms with Crippen molar-refractivity contribution in [3.8, 4) is 0 Å². The first-order chi connectivity index (χ1) is 7.38. The Balaban J connectivity index is 2.85. The molecule has 3 heteroatoms. The van der Waals surface area contributed by atoms with E-state index in [-0.39, 0.29) is 5.54 Å². The standard InChI is InChI=1S/C13H21BrN2/c1-5-13(2,3)16(4)9-10-7-6-8-11(15)12(10)14/h6-8H,5,9,15H2,1-4H3. The zero-order chi connectivity index (χ0) is 12.3. The van der Waals surface area contributed by atoms with Crippen LogP contribution in [0.1, 0.15) is 32.8 Å². The van der Waals surface area contributed by atoms with Crippen molar-refractivity contribution in [2.75, 3.05) is 12.8 Å². The first-order valence-electron chi connectivity index (χ1n) is 5.62. The van der Waals surface area contributed by atoms with Crippen LogP contribution in [0.15, 0.2) is 22.7 Å². The molecule has 0 radical (unpaired) electrons. The molecule has 0 saturated heterocycles. The van der Waals surface area contributed by atoms with Crippen molar-refractivity contribution in [1.29, 1.82) is 0 Å². The second kappa shape index (κ2) is 5.19. The fourth-order valence-electron chi connectivity index (χ4n) is 1.46. The van der Waals surface area contributed by atoms with E-state index in [4.69, 9.17) is 5.73 Å². The minimum absolute atomic E-state index is 0.212. The summed E-state index contributed by atoms with van der Waals surface area (Å²) < 4.78 is 1.02. The largest absolute Gasteiger partial charge is 0.398 e. The molecule has 0 heterocycles. The lowest BCUT2D eigenvalue weighted by Gasteiger charge is -2.35. The fraction of sp³-hybridized carbons (Fsp3) is 0.538. The average molecular weight is 285 g/mol. The number of anilines is 1. The molecule has 0 aromatic heterocycles. The highest BCUT2D eigenvalue weighted by Gasteiger charge is 2.21. The molecular weight excluding hydrogens is 264 g/mol. The molecule has 0 atom stereocenters. The van der Waals surface area contributed by atoms with Crippen molar-refractivity contribution < 1.29 is 0 Å². The second-order valence-electron chi connectivity index (χ2n) is 4.84. The molecule has 1 aromatic rings. The van der Waals surface area contributed by atoms with Crippen molar-refractivity contribution in [3.05, 3.63) is 28.2 Å². The van der Waals surface area contributed by atoms with Crippen LogP contribution in [-0.2, 0) is 6.54 Å². The smallest absolute Gasteiger partial charge is 0.0461 e. The van der Waals surface area contributed by atoms with Gasteiger partial charge in [0.05, 0.1) is 0 Å². The van der Waals surface area contributed by atoms with Gasteiger partial charge in [-0.2, -0.15) is 0 Å². The number of nitrogens with two attached hydrogens (primary N) is 1. The molecule has 0 spiro atoms. The van der Waals surface area contributed by atoms with E-state index in [1.54, 1.807) is 0 Å². The quantitative estimate of drug-likeness (QED) is 0.856. The molecule has 16 heavy (non-hydrogen) atoms. The summed E-state index contributed by atoms with van der Waals surface area (Å²) in [6.45, 7) is 7.64. The summed E-state index contributed by atoms with van der Waals surface area (Å²) in [4.78, 5) is 2.35. The highest BCUT2D eigenvalue weighted by atomic mass is 79.9. The molecule has 1 aromatic carbocycles. The lowest BCUT2D eigenvalue weighted by Crippen LogP contribution is -2.39. The zero-order valence-electron chi connectivity index (χ0n) is 10.5. The maximum atomic E-state index is 5.87. The predicted octanol–water partition coefficient (Wildman–Crippen LogP) is 3.65. The van der Waals surface area contributed by atoms with Gasteiger partial charge in [0, 0.05) is 22.2 Å². The molecule has 0 fully saturated rings. The van der Waals surface area contributed by atoms with Crippen molar-refractivity contribution in [2.45, 2.75) is 39.3 Å². The van der Waals surface area contributed by atoms with E-state index in [2.05, 4.69) is 54.7 Å².